The fourth-order valence-electron chi connectivity index (χ4n) is 1.55. The maximum absolute atomic E-state index is 12.3. The molecular weight excluding hydrogens is 354 g/mol. The number of H-pyrrole nitrogens is 1. The van der Waals surface area contributed by atoms with Crippen molar-refractivity contribution in [3.8, 4) is 0 Å². The van der Waals surface area contributed by atoms with Crippen LogP contribution in [0.1, 0.15) is 16.3 Å². The number of thiophene rings is 1. The first-order valence-corrected chi connectivity index (χ1v) is 8.38. The maximum Gasteiger partial charge on any atom is 0.264 e. The summed E-state index contributed by atoms with van der Waals surface area (Å²) in [5.41, 5.74) is 1.67. The number of aliphatic hydroxyl groups is 1. The Kier molecular flexibility index (Phi) is 4.00. The Morgan fingerprint density at radius 1 is 1.53 bits per heavy atom. The minimum Gasteiger partial charge on any atom is -0.391 e. The number of anilines is 1. The fraction of sp³-hybridized carbons (Fsp3) is 0.300. The highest BCUT2D eigenvalue weighted by Gasteiger charge is 2.23. The number of aryl methyl sites for hydroxylation is 2. The second kappa shape index (κ2) is 5.23. The second-order valence-electron chi connectivity index (χ2n) is 3.92. The van der Waals surface area contributed by atoms with Gasteiger partial charge in [0.2, 0.25) is 0 Å². The first kappa shape index (κ1) is 14.5. The molecule has 19 heavy (non-hydrogen) atoms. The van der Waals surface area contributed by atoms with E-state index >= 15 is 0 Å². The van der Waals surface area contributed by atoms with E-state index in [1.165, 1.54) is 17.4 Å². The van der Waals surface area contributed by atoms with E-state index in [2.05, 4.69) is 30.8 Å². The summed E-state index contributed by atoms with van der Waals surface area (Å²) in [4.78, 5) is 0.689. The quantitative estimate of drug-likeness (QED) is 0.773. The van der Waals surface area contributed by atoms with Crippen LogP contribution in [0.2, 0.25) is 0 Å². The van der Waals surface area contributed by atoms with Crippen molar-refractivity contribution in [2.24, 2.45) is 0 Å². The summed E-state index contributed by atoms with van der Waals surface area (Å²) in [6.45, 7) is 3.26. The Bertz CT molecular complexity index is 686. The van der Waals surface area contributed by atoms with Gasteiger partial charge in [-0.15, -0.1) is 11.3 Å². The number of nitrogens with zero attached hydrogens (tertiary/aromatic N) is 1. The average Bonchev–Trinajstić information content (AvgIpc) is 2.87. The Labute approximate surface area is 123 Å². The van der Waals surface area contributed by atoms with Crippen LogP contribution in [0.25, 0.3) is 0 Å². The summed E-state index contributed by atoms with van der Waals surface area (Å²) in [7, 11) is -3.71. The van der Waals surface area contributed by atoms with Gasteiger partial charge in [-0.1, -0.05) is 0 Å². The Morgan fingerprint density at radius 3 is 2.68 bits per heavy atom. The summed E-state index contributed by atoms with van der Waals surface area (Å²) >= 11 is 4.39. The summed E-state index contributed by atoms with van der Waals surface area (Å²) in [5, 5.41) is 15.7. The molecule has 2 aromatic rings. The number of sulfonamides is 1. The van der Waals surface area contributed by atoms with E-state index in [0.29, 0.717) is 25.7 Å². The molecule has 0 atom stereocenters. The van der Waals surface area contributed by atoms with Crippen LogP contribution >= 0.6 is 27.3 Å². The van der Waals surface area contributed by atoms with Crippen LogP contribution in [0, 0.1) is 13.8 Å². The van der Waals surface area contributed by atoms with Crippen molar-refractivity contribution in [1.82, 2.24) is 10.2 Å². The second-order valence-corrected chi connectivity index (χ2v) is 8.03. The predicted molar refractivity (Wildman–Crippen MR) is 76.8 cm³/mol. The lowest BCUT2D eigenvalue weighted by molar-refractivity contribution is 0.285. The average molecular weight is 366 g/mol. The van der Waals surface area contributed by atoms with Gasteiger partial charge < -0.3 is 5.11 Å². The molecule has 0 radical (unpaired) electrons. The zero-order valence-corrected chi connectivity index (χ0v) is 13.4. The SMILES string of the molecule is Cc1n[nH]c(C)c1NS(=O)(=O)c1cc(CO)sc1Br. The summed E-state index contributed by atoms with van der Waals surface area (Å²) in [5.74, 6) is 0. The van der Waals surface area contributed by atoms with E-state index in [-0.39, 0.29) is 11.5 Å². The van der Waals surface area contributed by atoms with Crippen LogP contribution < -0.4 is 4.72 Å². The van der Waals surface area contributed by atoms with Crippen LogP contribution in [-0.4, -0.2) is 23.7 Å². The van der Waals surface area contributed by atoms with E-state index < -0.39 is 10.0 Å². The molecule has 2 heterocycles. The number of hydrogen-bond donors (Lipinski definition) is 3. The number of rotatable bonds is 4. The molecule has 104 valence electrons. The van der Waals surface area contributed by atoms with Crippen LogP contribution in [0.3, 0.4) is 0 Å². The molecule has 0 aliphatic heterocycles. The van der Waals surface area contributed by atoms with Crippen LogP contribution in [0.15, 0.2) is 14.7 Å². The Morgan fingerprint density at radius 2 is 2.21 bits per heavy atom. The van der Waals surface area contributed by atoms with E-state index in [1.54, 1.807) is 13.8 Å². The number of nitrogens with one attached hydrogen (secondary N) is 2. The number of hydrogen-bond acceptors (Lipinski definition) is 5. The number of aromatic amines is 1. The minimum atomic E-state index is -3.71. The van der Waals surface area contributed by atoms with Crippen molar-refractivity contribution in [2.45, 2.75) is 25.3 Å². The van der Waals surface area contributed by atoms with Crippen molar-refractivity contribution in [3.63, 3.8) is 0 Å². The number of aliphatic hydroxyl groups excluding tert-OH is 1. The van der Waals surface area contributed by atoms with Crippen LogP contribution in [0.5, 0.6) is 0 Å². The molecule has 0 aliphatic rings. The van der Waals surface area contributed by atoms with E-state index in [1.807, 2.05) is 0 Å². The van der Waals surface area contributed by atoms with Gasteiger partial charge in [0.15, 0.2) is 0 Å². The molecule has 2 aromatic heterocycles. The summed E-state index contributed by atoms with van der Waals surface area (Å²) in [6, 6.07) is 1.45. The highest BCUT2D eigenvalue weighted by Crippen LogP contribution is 2.33. The normalized spacial score (nSPS) is 11.8. The summed E-state index contributed by atoms with van der Waals surface area (Å²) < 4.78 is 27.6. The first-order chi connectivity index (χ1) is 8.85. The molecular formula is C10H12BrN3O3S2. The van der Waals surface area contributed by atoms with Crippen molar-refractivity contribution >= 4 is 43.0 Å². The van der Waals surface area contributed by atoms with Gasteiger partial charge in [0, 0.05) is 4.88 Å². The Hall–Kier alpha value is -0.900. The standard InChI is InChI=1S/C10H12BrN3O3S2/c1-5-9(6(2)13-12-5)14-19(16,17)8-3-7(4-15)18-10(8)11/h3,14-15H,4H2,1-2H3,(H,12,13). The minimum absolute atomic E-state index is 0.113. The van der Waals surface area contributed by atoms with Gasteiger partial charge in [-0.25, -0.2) is 8.42 Å². The lowest BCUT2D eigenvalue weighted by Crippen LogP contribution is -2.13. The van der Waals surface area contributed by atoms with Crippen molar-refractivity contribution in [2.75, 3.05) is 4.72 Å². The molecule has 0 saturated carbocycles. The van der Waals surface area contributed by atoms with Crippen LogP contribution in [0.4, 0.5) is 5.69 Å². The molecule has 0 fully saturated rings. The van der Waals surface area contributed by atoms with Gasteiger partial charge in [-0.3, -0.25) is 9.82 Å². The number of aromatic nitrogens is 2. The molecule has 0 saturated heterocycles. The molecule has 0 amide bonds. The van der Waals surface area contributed by atoms with Crippen molar-refractivity contribution in [3.05, 3.63) is 26.1 Å². The van der Waals surface area contributed by atoms with Gasteiger partial charge in [-0.05, 0) is 35.8 Å². The lowest BCUT2D eigenvalue weighted by Gasteiger charge is -2.07. The highest BCUT2D eigenvalue weighted by atomic mass is 79.9. The monoisotopic (exact) mass is 365 g/mol. The zero-order valence-electron chi connectivity index (χ0n) is 10.2. The molecule has 0 aromatic carbocycles. The maximum atomic E-state index is 12.3. The van der Waals surface area contributed by atoms with E-state index in [4.69, 9.17) is 5.11 Å². The molecule has 9 heteroatoms. The Balaban J connectivity index is 2.40. The molecule has 3 N–H and O–H groups in total. The molecule has 0 aliphatic carbocycles. The van der Waals surface area contributed by atoms with Gasteiger partial charge in [-0.2, -0.15) is 5.10 Å². The fourth-order valence-corrected chi connectivity index (χ4v) is 5.27. The third kappa shape index (κ3) is 2.83. The van der Waals surface area contributed by atoms with Crippen molar-refractivity contribution < 1.29 is 13.5 Å². The zero-order chi connectivity index (χ0) is 14.2. The van der Waals surface area contributed by atoms with Crippen molar-refractivity contribution in [1.29, 1.82) is 0 Å². The molecule has 0 bridgehead atoms. The number of halogens is 1. The highest BCUT2D eigenvalue weighted by molar-refractivity contribution is 9.11. The molecule has 6 nitrogen and oxygen atoms in total. The van der Waals surface area contributed by atoms with Gasteiger partial charge in [0.05, 0.1) is 27.5 Å². The van der Waals surface area contributed by atoms with Gasteiger partial charge in [0.1, 0.15) is 4.90 Å². The molecule has 2 rings (SSSR count). The first-order valence-electron chi connectivity index (χ1n) is 5.28. The van der Waals surface area contributed by atoms with E-state index in [0.717, 1.165) is 0 Å². The topological polar surface area (TPSA) is 95.1 Å². The molecule has 0 spiro atoms. The third-order valence-electron chi connectivity index (χ3n) is 2.52. The van der Waals surface area contributed by atoms with E-state index in [9.17, 15) is 8.42 Å². The predicted octanol–water partition coefficient (Wildman–Crippen LogP) is 2.14. The van der Waals surface area contributed by atoms with Gasteiger partial charge >= 0.3 is 0 Å². The largest absolute Gasteiger partial charge is 0.391 e. The summed E-state index contributed by atoms with van der Waals surface area (Å²) in [6.07, 6.45) is 0. The van der Waals surface area contributed by atoms with Crippen LogP contribution in [-0.2, 0) is 16.6 Å². The molecule has 0 unspecified atom stereocenters. The van der Waals surface area contributed by atoms with Gasteiger partial charge in [0.25, 0.3) is 10.0 Å². The lowest BCUT2D eigenvalue weighted by atomic mass is 10.3. The third-order valence-corrected chi connectivity index (χ3v) is 6.10. The smallest absolute Gasteiger partial charge is 0.264 e.